The van der Waals surface area contributed by atoms with Crippen molar-refractivity contribution in [2.45, 2.75) is 0 Å². The minimum absolute atomic E-state index is 0.0644. The molecule has 1 rings (SSSR count). The van der Waals surface area contributed by atoms with Crippen LogP contribution in [0.4, 0.5) is 0 Å². The molecule has 1 N–H and O–H groups in total. The molecule has 0 atom stereocenters. The molecule has 15 heavy (non-hydrogen) atoms. The van der Waals surface area contributed by atoms with Gasteiger partial charge in [0.2, 0.25) is 0 Å². The van der Waals surface area contributed by atoms with E-state index in [4.69, 9.17) is 4.55 Å². The van der Waals surface area contributed by atoms with Crippen molar-refractivity contribution in [2.75, 3.05) is 12.3 Å². The van der Waals surface area contributed by atoms with Crippen molar-refractivity contribution in [1.82, 2.24) is 0 Å². The third-order valence-corrected chi connectivity index (χ3v) is 2.82. The van der Waals surface area contributed by atoms with Crippen LogP contribution in [-0.2, 0) is 10.1 Å². The smallest absolute Gasteiger partial charge is 0.266 e. The molecule has 0 saturated heterocycles. The number of benzene rings is 1. The van der Waals surface area contributed by atoms with Crippen molar-refractivity contribution in [3.63, 3.8) is 0 Å². The van der Waals surface area contributed by atoms with E-state index in [1.807, 2.05) is 24.3 Å². The van der Waals surface area contributed by atoms with Gasteiger partial charge in [-0.2, -0.15) is 8.42 Å². The normalized spacial score (nSPS) is 12.1. The van der Waals surface area contributed by atoms with Crippen LogP contribution >= 0.6 is 15.9 Å². The van der Waals surface area contributed by atoms with Crippen molar-refractivity contribution in [1.29, 1.82) is 0 Å². The summed E-state index contributed by atoms with van der Waals surface area (Å²) in [6.45, 7) is 0.0644. The van der Waals surface area contributed by atoms with Gasteiger partial charge in [0.15, 0.2) is 0 Å². The van der Waals surface area contributed by atoms with E-state index >= 15 is 0 Å². The third kappa shape index (κ3) is 5.66. The maximum Gasteiger partial charge on any atom is 0.266 e. The first kappa shape index (κ1) is 12.4. The predicted octanol–water partition coefficient (Wildman–Crippen LogP) is 1.76. The molecule has 0 amide bonds. The highest BCUT2D eigenvalue weighted by Crippen LogP contribution is 2.08. The van der Waals surface area contributed by atoms with Crippen LogP contribution in [0.1, 0.15) is 5.56 Å². The summed E-state index contributed by atoms with van der Waals surface area (Å²) in [6, 6.07) is 7.43. The second-order valence-electron chi connectivity index (χ2n) is 2.87. The fourth-order valence-electron chi connectivity index (χ4n) is 0.887. The van der Waals surface area contributed by atoms with Crippen LogP contribution in [-0.4, -0.2) is 31.5 Å². The van der Waals surface area contributed by atoms with Crippen molar-refractivity contribution in [2.24, 2.45) is 4.99 Å². The molecule has 0 aliphatic heterocycles. The summed E-state index contributed by atoms with van der Waals surface area (Å²) in [7, 11) is -3.91. The lowest BCUT2D eigenvalue weighted by Gasteiger charge is -1.94. The number of nitrogens with zero attached hydrogens (tertiary/aromatic N) is 1. The molecule has 6 heteroatoms. The average molecular weight is 292 g/mol. The standard InChI is InChI=1S/C9H10BrNO3S/c10-9-3-1-8(2-4-9)7-11-5-6-15(12,13)14/h1-4,7H,5-6H2,(H,12,13,14)/b11-7-. The largest absolute Gasteiger partial charge is 0.291 e. The molecule has 0 spiro atoms. The monoisotopic (exact) mass is 291 g/mol. The van der Waals surface area contributed by atoms with E-state index in [9.17, 15) is 8.42 Å². The lowest BCUT2D eigenvalue weighted by molar-refractivity contribution is 0.483. The minimum Gasteiger partial charge on any atom is -0.291 e. The summed E-state index contributed by atoms with van der Waals surface area (Å²) in [4.78, 5) is 3.88. The van der Waals surface area contributed by atoms with Crippen LogP contribution in [0.2, 0.25) is 0 Å². The number of aliphatic imine (C=N–C) groups is 1. The molecular weight excluding hydrogens is 282 g/mol. The highest BCUT2D eigenvalue weighted by molar-refractivity contribution is 9.10. The van der Waals surface area contributed by atoms with Crippen molar-refractivity contribution >= 4 is 32.3 Å². The van der Waals surface area contributed by atoms with Gasteiger partial charge in [-0.3, -0.25) is 9.55 Å². The van der Waals surface area contributed by atoms with Crippen LogP contribution in [0.3, 0.4) is 0 Å². The van der Waals surface area contributed by atoms with E-state index in [1.54, 1.807) is 6.21 Å². The van der Waals surface area contributed by atoms with Gasteiger partial charge in [-0.1, -0.05) is 28.1 Å². The molecule has 1 aromatic carbocycles. The minimum atomic E-state index is -3.91. The Hall–Kier alpha value is -0.720. The first-order valence-electron chi connectivity index (χ1n) is 4.18. The Labute approximate surface area is 96.9 Å². The van der Waals surface area contributed by atoms with Crippen LogP contribution in [0.25, 0.3) is 0 Å². The average Bonchev–Trinajstić information content (AvgIpc) is 2.14. The molecule has 0 fully saturated rings. The summed E-state index contributed by atoms with van der Waals surface area (Å²) in [5, 5.41) is 0. The maximum absolute atomic E-state index is 10.4. The molecule has 0 radical (unpaired) electrons. The van der Waals surface area contributed by atoms with Gasteiger partial charge in [0.25, 0.3) is 10.1 Å². The Morgan fingerprint density at radius 3 is 2.47 bits per heavy atom. The molecule has 4 nitrogen and oxygen atoms in total. The Balaban J connectivity index is 2.48. The molecule has 0 aliphatic carbocycles. The molecule has 0 aromatic heterocycles. The first-order chi connectivity index (χ1) is 6.97. The highest BCUT2D eigenvalue weighted by atomic mass is 79.9. The van der Waals surface area contributed by atoms with E-state index in [0.29, 0.717) is 0 Å². The predicted molar refractivity (Wildman–Crippen MR) is 63.0 cm³/mol. The van der Waals surface area contributed by atoms with Gasteiger partial charge in [-0.15, -0.1) is 0 Å². The molecule has 0 aliphatic rings. The van der Waals surface area contributed by atoms with Gasteiger partial charge in [-0.05, 0) is 17.7 Å². The summed E-state index contributed by atoms with van der Waals surface area (Å²) in [5.74, 6) is -0.347. The van der Waals surface area contributed by atoms with Crippen molar-refractivity contribution in [3.8, 4) is 0 Å². The fourth-order valence-corrected chi connectivity index (χ4v) is 1.49. The van der Waals surface area contributed by atoms with Crippen molar-refractivity contribution < 1.29 is 13.0 Å². The van der Waals surface area contributed by atoms with Gasteiger partial charge in [0.05, 0.1) is 12.3 Å². The zero-order valence-corrected chi connectivity index (χ0v) is 10.2. The van der Waals surface area contributed by atoms with Crippen LogP contribution < -0.4 is 0 Å². The van der Waals surface area contributed by atoms with E-state index in [1.165, 1.54) is 0 Å². The lowest BCUT2D eigenvalue weighted by Crippen LogP contribution is -2.06. The highest BCUT2D eigenvalue weighted by Gasteiger charge is 2.01. The first-order valence-corrected chi connectivity index (χ1v) is 6.58. The van der Waals surface area contributed by atoms with Crippen molar-refractivity contribution in [3.05, 3.63) is 34.3 Å². The summed E-state index contributed by atoms with van der Waals surface area (Å²) in [6.07, 6.45) is 1.57. The Morgan fingerprint density at radius 2 is 1.93 bits per heavy atom. The van der Waals surface area contributed by atoms with E-state index in [0.717, 1.165) is 10.0 Å². The van der Waals surface area contributed by atoms with Crippen LogP contribution in [0, 0.1) is 0 Å². The number of hydrogen-bond donors (Lipinski definition) is 1. The zero-order chi connectivity index (χ0) is 11.3. The Morgan fingerprint density at radius 1 is 1.33 bits per heavy atom. The quantitative estimate of drug-likeness (QED) is 0.679. The van der Waals surface area contributed by atoms with E-state index < -0.39 is 10.1 Å². The van der Waals surface area contributed by atoms with Gasteiger partial charge < -0.3 is 0 Å². The van der Waals surface area contributed by atoms with Gasteiger partial charge in [0, 0.05) is 10.7 Å². The van der Waals surface area contributed by atoms with E-state index in [2.05, 4.69) is 20.9 Å². The topological polar surface area (TPSA) is 66.7 Å². The van der Waals surface area contributed by atoms with Crippen LogP contribution in [0.15, 0.2) is 33.7 Å². The second-order valence-corrected chi connectivity index (χ2v) is 5.36. The SMILES string of the molecule is O=S(=O)(O)CC/N=C\c1ccc(Br)cc1. The molecule has 0 bridgehead atoms. The van der Waals surface area contributed by atoms with Gasteiger partial charge in [-0.25, -0.2) is 0 Å². The fraction of sp³-hybridized carbons (Fsp3) is 0.222. The molecular formula is C9H10BrNO3S. The van der Waals surface area contributed by atoms with Gasteiger partial charge >= 0.3 is 0 Å². The second kappa shape index (κ2) is 5.39. The number of halogens is 1. The van der Waals surface area contributed by atoms with E-state index in [-0.39, 0.29) is 12.3 Å². The number of rotatable bonds is 4. The molecule has 1 aromatic rings. The van der Waals surface area contributed by atoms with Crippen LogP contribution in [0.5, 0.6) is 0 Å². The zero-order valence-electron chi connectivity index (χ0n) is 7.80. The third-order valence-electron chi connectivity index (χ3n) is 1.59. The molecule has 0 heterocycles. The Bertz CT molecular complexity index is 439. The molecule has 82 valence electrons. The Kier molecular flexibility index (Phi) is 4.44. The van der Waals surface area contributed by atoms with Gasteiger partial charge in [0.1, 0.15) is 0 Å². The summed E-state index contributed by atoms with van der Waals surface area (Å²) < 4.78 is 30.1. The summed E-state index contributed by atoms with van der Waals surface area (Å²) >= 11 is 3.30. The molecule has 0 saturated carbocycles. The number of hydrogen-bond acceptors (Lipinski definition) is 3. The maximum atomic E-state index is 10.4. The summed E-state index contributed by atoms with van der Waals surface area (Å²) in [5.41, 5.74) is 0.883. The molecule has 0 unspecified atom stereocenters. The lowest BCUT2D eigenvalue weighted by atomic mass is 10.2.